The molecular weight excluding hydrogens is 302 g/mol. The molecule has 0 N–H and O–H groups in total. The molecule has 4 heterocycles. The minimum atomic E-state index is 0.0708. The van der Waals surface area contributed by atoms with Crippen LogP contribution in [0.25, 0.3) is 0 Å². The molecule has 2 aliphatic rings. The van der Waals surface area contributed by atoms with Crippen LogP contribution in [0.4, 0.5) is 0 Å². The van der Waals surface area contributed by atoms with E-state index in [0.717, 1.165) is 44.2 Å². The van der Waals surface area contributed by atoms with Gasteiger partial charge in [-0.25, -0.2) is 4.98 Å². The second-order valence-corrected chi connectivity index (χ2v) is 6.97. The summed E-state index contributed by atoms with van der Waals surface area (Å²) in [7, 11) is 0. The Morgan fingerprint density at radius 3 is 3.08 bits per heavy atom. The Labute approximate surface area is 142 Å². The zero-order chi connectivity index (χ0) is 16.4. The number of fused-ring (bicyclic) bond motifs is 1. The van der Waals surface area contributed by atoms with Crippen LogP contribution < -0.4 is 4.74 Å². The van der Waals surface area contributed by atoms with Crippen LogP contribution in [0.15, 0.2) is 42.6 Å². The summed E-state index contributed by atoms with van der Waals surface area (Å²) in [5, 5.41) is 0. The van der Waals surface area contributed by atoms with Gasteiger partial charge < -0.3 is 9.47 Å². The van der Waals surface area contributed by atoms with Gasteiger partial charge in [-0.05, 0) is 25.1 Å². The highest BCUT2D eigenvalue weighted by atomic mass is 16.5. The highest BCUT2D eigenvalue weighted by Gasteiger charge is 2.51. The van der Waals surface area contributed by atoms with Crippen LogP contribution in [0.5, 0.6) is 5.88 Å². The summed E-state index contributed by atoms with van der Waals surface area (Å²) in [4.78, 5) is 11.4. The van der Waals surface area contributed by atoms with E-state index in [4.69, 9.17) is 9.47 Å². The van der Waals surface area contributed by atoms with Crippen molar-refractivity contribution in [3.05, 3.63) is 54.0 Å². The van der Waals surface area contributed by atoms with Crippen molar-refractivity contribution in [2.24, 2.45) is 11.3 Å². The first-order valence-electron chi connectivity index (χ1n) is 8.50. The maximum absolute atomic E-state index is 5.98. The lowest BCUT2D eigenvalue weighted by molar-refractivity contribution is 0.0879. The van der Waals surface area contributed by atoms with E-state index in [2.05, 4.69) is 27.0 Å². The molecule has 2 aromatic rings. The van der Waals surface area contributed by atoms with Gasteiger partial charge >= 0.3 is 0 Å². The summed E-state index contributed by atoms with van der Waals surface area (Å²) in [6.07, 6.45) is 1.76. The van der Waals surface area contributed by atoms with Gasteiger partial charge in [-0.2, -0.15) is 0 Å². The van der Waals surface area contributed by atoms with Gasteiger partial charge in [-0.3, -0.25) is 9.88 Å². The molecule has 0 aliphatic carbocycles. The van der Waals surface area contributed by atoms with Crippen LogP contribution in [0, 0.1) is 18.3 Å². The third-order valence-electron chi connectivity index (χ3n) is 5.07. The first-order chi connectivity index (χ1) is 11.7. The van der Waals surface area contributed by atoms with E-state index in [0.29, 0.717) is 18.4 Å². The van der Waals surface area contributed by atoms with Gasteiger partial charge in [0.05, 0.1) is 25.5 Å². The molecule has 0 spiro atoms. The molecule has 5 nitrogen and oxygen atoms in total. The third kappa shape index (κ3) is 3.14. The molecule has 2 fully saturated rings. The minimum absolute atomic E-state index is 0.0708. The molecule has 5 heteroatoms. The highest BCUT2D eigenvalue weighted by molar-refractivity contribution is 5.12. The van der Waals surface area contributed by atoms with Crippen molar-refractivity contribution in [3.8, 4) is 5.88 Å². The van der Waals surface area contributed by atoms with Gasteiger partial charge in [0.1, 0.15) is 0 Å². The number of hydrogen-bond acceptors (Lipinski definition) is 5. The highest BCUT2D eigenvalue weighted by Crippen LogP contribution is 2.42. The Hall–Kier alpha value is -1.98. The fraction of sp³-hybridized carbons (Fsp3) is 0.474. The molecule has 0 unspecified atom stereocenters. The average Bonchev–Trinajstić information content (AvgIpc) is 3.11. The number of likely N-dealkylation sites (tertiary alicyclic amines) is 1. The molecule has 0 aromatic carbocycles. The van der Waals surface area contributed by atoms with E-state index in [9.17, 15) is 0 Å². The summed E-state index contributed by atoms with van der Waals surface area (Å²) in [6, 6.07) is 12.0. The number of rotatable bonds is 5. The smallest absolute Gasteiger partial charge is 0.213 e. The van der Waals surface area contributed by atoms with Crippen LogP contribution in [0.3, 0.4) is 0 Å². The lowest BCUT2D eigenvalue weighted by Gasteiger charge is -2.27. The van der Waals surface area contributed by atoms with E-state index in [1.807, 2.05) is 31.2 Å². The number of aryl methyl sites for hydroxylation is 1. The molecule has 126 valence electrons. The third-order valence-corrected chi connectivity index (χ3v) is 5.07. The van der Waals surface area contributed by atoms with Crippen LogP contribution in [-0.2, 0) is 11.3 Å². The van der Waals surface area contributed by atoms with Crippen molar-refractivity contribution in [2.45, 2.75) is 13.5 Å². The first kappa shape index (κ1) is 15.5. The van der Waals surface area contributed by atoms with Gasteiger partial charge in [0, 0.05) is 48.9 Å². The van der Waals surface area contributed by atoms with E-state index in [1.165, 1.54) is 0 Å². The van der Waals surface area contributed by atoms with Gasteiger partial charge in [-0.15, -0.1) is 0 Å². The second kappa shape index (κ2) is 6.49. The van der Waals surface area contributed by atoms with Crippen molar-refractivity contribution >= 4 is 0 Å². The monoisotopic (exact) mass is 325 g/mol. The zero-order valence-electron chi connectivity index (χ0n) is 14.0. The number of pyridine rings is 2. The van der Waals surface area contributed by atoms with Crippen LogP contribution in [-0.4, -0.2) is 47.8 Å². The predicted octanol–water partition coefficient (Wildman–Crippen LogP) is 2.31. The number of nitrogens with zero attached hydrogens (tertiary/aromatic N) is 3. The maximum Gasteiger partial charge on any atom is 0.213 e. The topological polar surface area (TPSA) is 47.5 Å². The van der Waals surface area contributed by atoms with E-state index in [-0.39, 0.29) is 5.41 Å². The maximum atomic E-state index is 5.98. The Bertz CT molecular complexity index is 694. The van der Waals surface area contributed by atoms with Crippen molar-refractivity contribution in [1.29, 1.82) is 0 Å². The lowest BCUT2D eigenvalue weighted by atomic mass is 9.82. The average molecular weight is 325 g/mol. The molecule has 0 saturated carbocycles. The van der Waals surface area contributed by atoms with Crippen LogP contribution >= 0.6 is 0 Å². The summed E-state index contributed by atoms with van der Waals surface area (Å²) < 4.78 is 11.8. The molecule has 2 saturated heterocycles. The second-order valence-electron chi connectivity index (χ2n) is 6.97. The molecule has 0 amide bonds. The number of hydrogen-bond donors (Lipinski definition) is 0. The van der Waals surface area contributed by atoms with Gasteiger partial charge in [0.2, 0.25) is 5.88 Å². The lowest BCUT2D eigenvalue weighted by Crippen LogP contribution is -2.37. The summed E-state index contributed by atoms with van der Waals surface area (Å²) in [5.41, 5.74) is 2.28. The van der Waals surface area contributed by atoms with Crippen molar-refractivity contribution < 1.29 is 9.47 Å². The Morgan fingerprint density at radius 2 is 2.25 bits per heavy atom. The molecule has 4 rings (SSSR count). The van der Waals surface area contributed by atoms with Crippen molar-refractivity contribution in [3.63, 3.8) is 0 Å². The summed E-state index contributed by atoms with van der Waals surface area (Å²) >= 11 is 0. The number of aromatic nitrogens is 2. The molecule has 24 heavy (non-hydrogen) atoms. The molecule has 0 bridgehead atoms. The molecule has 2 atom stereocenters. The Kier molecular flexibility index (Phi) is 4.21. The van der Waals surface area contributed by atoms with E-state index < -0.39 is 0 Å². The van der Waals surface area contributed by atoms with Crippen LogP contribution in [0.2, 0.25) is 0 Å². The Morgan fingerprint density at radius 1 is 1.29 bits per heavy atom. The standard InChI is InChI=1S/C19H23N3O2/c1-15-5-4-6-17(21-15)10-22-9-16-11-23-13-19(16,12-22)14-24-18-7-2-3-8-20-18/h2-8,16H,9-14H2,1H3/t16-,19+/m1/s1. The van der Waals surface area contributed by atoms with Gasteiger partial charge in [0.15, 0.2) is 0 Å². The Balaban J connectivity index is 1.43. The summed E-state index contributed by atoms with van der Waals surface area (Å²) in [5.74, 6) is 1.21. The fourth-order valence-corrected chi connectivity index (χ4v) is 3.83. The first-order valence-corrected chi connectivity index (χ1v) is 8.50. The van der Waals surface area contributed by atoms with E-state index in [1.54, 1.807) is 6.20 Å². The SMILES string of the molecule is Cc1cccc(CN2C[C@@H]3COC[C@]3(COc3ccccn3)C2)n1. The predicted molar refractivity (Wildman–Crippen MR) is 90.7 cm³/mol. The summed E-state index contributed by atoms with van der Waals surface area (Å²) in [6.45, 7) is 7.21. The molecule has 0 radical (unpaired) electrons. The van der Waals surface area contributed by atoms with Gasteiger partial charge in [0.25, 0.3) is 0 Å². The quantitative estimate of drug-likeness (QED) is 0.844. The molecule has 2 aliphatic heterocycles. The zero-order valence-corrected chi connectivity index (χ0v) is 14.0. The fourth-order valence-electron chi connectivity index (χ4n) is 3.83. The number of ether oxygens (including phenoxy) is 2. The minimum Gasteiger partial charge on any atom is -0.477 e. The van der Waals surface area contributed by atoms with Crippen LogP contribution in [0.1, 0.15) is 11.4 Å². The normalized spacial score (nSPS) is 26.5. The largest absolute Gasteiger partial charge is 0.477 e. The molecule has 2 aromatic heterocycles. The van der Waals surface area contributed by atoms with Crippen molar-refractivity contribution in [2.75, 3.05) is 32.9 Å². The van der Waals surface area contributed by atoms with E-state index >= 15 is 0 Å². The molecular formula is C19H23N3O2. The van der Waals surface area contributed by atoms with Gasteiger partial charge in [-0.1, -0.05) is 12.1 Å². The van der Waals surface area contributed by atoms with Crippen molar-refractivity contribution in [1.82, 2.24) is 14.9 Å².